The van der Waals surface area contributed by atoms with Crippen molar-refractivity contribution in [3.8, 4) is 0 Å². The summed E-state index contributed by atoms with van der Waals surface area (Å²) < 4.78 is 1.95. The number of aromatic carboxylic acids is 1. The molecule has 0 spiro atoms. The summed E-state index contributed by atoms with van der Waals surface area (Å²) in [6.07, 6.45) is 3.49. The normalized spacial score (nSPS) is 10.1. The third kappa shape index (κ3) is 7.06. The minimum absolute atomic E-state index is 0.300. The van der Waals surface area contributed by atoms with Gasteiger partial charge >= 0.3 is 5.97 Å². The van der Waals surface area contributed by atoms with Crippen LogP contribution in [0.4, 0.5) is 0 Å². The number of hydrogen-bond acceptors (Lipinski definition) is 2. The number of carboxylic acids is 1. The van der Waals surface area contributed by atoms with Crippen molar-refractivity contribution in [2.24, 2.45) is 0 Å². The molecule has 3 aromatic rings. The monoisotopic (exact) mass is 494 g/mol. The lowest BCUT2D eigenvalue weighted by Crippen LogP contribution is -1.94. The second-order valence-corrected chi connectivity index (χ2v) is 8.82. The summed E-state index contributed by atoms with van der Waals surface area (Å²) in [7, 11) is 0. The lowest BCUT2D eigenvalue weighted by molar-refractivity contribution is 0.0697. The lowest BCUT2D eigenvalue weighted by atomic mass is 10.1. The first-order chi connectivity index (χ1) is 12.5. The SMILES string of the molecule is CCCc1ccc(Cc2cccc(Br)c2)s1.O=C(O)c1cccc(Br)c1. The van der Waals surface area contributed by atoms with Crippen LogP contribution in [0.1, 0.15) is 39.0 Å². The molecule has 2 nitrogen and oxygen atoms in total. The Bertz CT molecular complexity index is 858. The minimum atomic E-state index is -0.902. The van der Waals surface area contributed by atoms with Crippen LogP contribution in [0.5, 0.6) is 0 Å². The zero-order valence-electron chi connectivity index (χ0n) is 14.4. The van der Waals surface area contributed by atoms with Crippen molar-refractivity contribution in [1.29, 1.82) is 0 Å². The Morgan fingerprint density at radius 2 is 1.62 bits per heavy atom. The van der Waals surface area contributed by atoms with E-state index >= 15 is 0 Å². The quantitative estimate of drug-likeness (QED) is 0.406. The van der Waals surface area contributed by atoms with Crippen molar-refractivity contribution in [1.82, 2.24) is 0 Å². The fourth-order valence-electron chi connectivity index (χ4n) is 2.37. The summed E-state index contributed by atoms with van der Waals surface area (Å²) in [5.41, 5.74) is 1.67. The molecule has 0 aliphatic carbocycles. The van der Waals surface area contributed by atoms with Crippen LogP contribution in [0.25, 0.3) is 0 Å². The van der Waals surface area contributed by atoms with Crippen LogP contribution < -0.4 is 0 Å². The Hall–Kier alpha value is -1.43. The molecule has 26 heavy (non-hydrogen) atoms. The van der Waals surface area contributed by atoms with Gasteiger partial charge in [0.2, 0.25) is 0 Å². The van der Waals surface area contributed by atoms with Crippen LogP contribution >= 0.6 is 43.2 Å². The Labute approximate surface area is 175 Å². The summed E-state index contributed by atoms with van der Waals surface area (Å²) in [6, 6.07) is 19.6. The van der Waals surface area contributed by atoms with E-state index in [-0.39, 0.29) is 0 Å². The van der Waals surface area contributed by atoms with E-state index in [4.69, 9.17) is 5.11 Å². The average molecular weight is 496 g/mol. The van der Waals surface area contributed by atoms with Crippen LogP contribution in [0.2, 0.25) is 0 Å². The van der Waals surface area contributed by atoms with Gasteiger partial charge < -0.3 is 5.11 Å². The van der Waals surface area contributed by atoms with Gasteiger partial charge in [-0.25, -0.2) is 4.79 Å². The van der Waals surface area contributed by atoms with Crippen molar-refractivity contribution in [3.63, 3.8) is 0 Å². The first-order valence-electron chi connectivity index (χ1n) is 8.29. The molecule has 2 aromatic carbocycles. The molecule has 1 aromatic heterocycles. The van der Waals surface area contributed by atoms with Gasteiger partial charge in [-0.05, 0) is 54.4 Å². The van der Waals surface area contributed by atoms with Gasteiger partial charge in [-0.15, -0.1) is 11.3 Å². The second-order valence-electron chi connectivity index (χ2n) is 5.74. The van der Waals surface area contributed by atoms with E-state index in [1.165, 1.54) is 28.2 Å². The molecule has 0 aliphatic rings. The molecule has 136 valence electrons. The molecule has 0 aliphatic heterocycles. The van der Waals surface area contributed by atoms with Gasteiger partial charge in [0.1, 0.15) is 0 Å². The van der Waals surface area contributed by atoms with E-state index in [0.717, 1.165) is 15.4 Å². The third-order valence-electron chi connectivity index (χ3n) is 3.55. The zero-order valence-corrected chi connectivity index (χ0v) is 18.4. The Morgan fingerprint density at radius 3 is 2.19 bits per heavy atom. The topological polar surface area (TPSA) is 37.3 Å². The van der Waals surface area contributed by atoms with Gasteiger partial charge in [0.15, 0.2) is 0 Å². The lowest BCUT2D eigenvalue weighted by Gasteiger charge is -1.99. The van der Waals surface area contributed by atoms with E-state index in [9.17, 15) is 4.79 Å². The highest BCUT2D eigenvalue weighted by Gasteiger charge is 2.02. The molecule has 5 heteroatoms. The Morgan fingerprint density at radius 1 is 0.962 bits per heavy atom. The van der Waals surface area contributed by atoms with Crippen LogP contribution in [0.3, 0.4) is 0 Å². The summed E-state index contributed by atoms with van der Waals surface area (Å²) >= 11 is 8.62. The first-order valence-corrected chi connectivity index (χ1v) is 10.7. The van der Waals surface area contributed by atoms with E-state index < -0.39 is 5.97 Å². The van der Waals surface area contributed by atoms with Crippen molar-refractivity contribution in [2.45, 2.75) is 26.2 Å². The highest BCUT2D eigenvalue weighted by atomic mass is 79.9. The number of aryl methyl sites for hydroxylation is 1. The largest absolute Gasteiger partial charge is 0.478 e. The molecular weight excluding hydrogens is 476 g/mol. The number of halogens is 2. The van der Waals surface area contributed by atoms with Gasteiger partial charge in [-0.2, -0.15) is 0 Å². The summed E-state index contributed by atoms with van der Waals surface area (Å²) in [6.45, 7) is 2.23. The summed E-state index contributed by atoms with van der Waals surface area (Å²) in [4.78, 5) is 13.3. The number of carbonyl (C=O) groups is 1. The van der Waals surface area contributed by atoms with Crippen molar-refractivity contribution in [3.05, 3.63) is 90.5 Å². The Balaban J connectivity index is 0.000000209. The summed E-state index contributed by atoms with van der Waals surface area (Å²) in [5, 5.41) is 8.49. The molecule has 0 bridgehead atoms. The van der Waals surface area contributed by atoms with Crippen LogP contribution in [0.15, 0.2) is 69.6 Å². The molecule has 1 N–H and O–H groups in total. The van der Waals surface area contributed by atoms with E-state index in [1.807, 2.05) is 11.3 Å². The fraction of sp³-hybridized carbons (Fsp3) is 0.190. The molecule has 0 atom stereocenters. The van der Waals surface area contributed by atoms with E-state index in [2.05, 4.69) is 75.2 Å². The molecule has 0 unspecified atom stereocenters. The molecule has 0 amide bonds. The van der Waals surface area contributed by atoms with Gasteiger partial charge in [-0.3, -0.25) is 0 Å². The number of carboxylic acid groups (broad SMARTS) is 1. The summed E-state index contributed by atoms with van der Waals surface area (Å²) in [5.74, 6) is -0.902. The highest BCUT2D eigenvalue weighted by molar-refractivity contribution is 9.10. The second kappa shape index (κ2) is 10.7. The molecule has 3 rings (SSSR count). The van der Waals surface area contributed by atoms with Crippen LogP contribution in [-0.2, 0) is 12.8 Å². The molecule has 0 saturated heterocycles. The first kappa shape index (κ1) is 20.9. The molecular formula is C21H20Br2O2S. The smallest absolute Gasteiger partial charge is 0.335 e. The highest BCUT2D eigenvalue weighted by Crippen LogP contribution is 2.22. The standard InChI is InChI=1S/C14H15BrS.C7H5BrO2/c1-2-4-13-7-8-14(16-13)10-11-5-3-6-12(15)9-11;8-6-3-1-2-5(4-6)7(9)10/h3,5-9H,2,4,10H2,1H3;1-4H,(H,9,10). The van der Waals surface area contributed by atoms with Gasteiger partial charge in [0.05, 0.1) is 5.56 Å². The maximum Gasteiger partial charge on any atom is 0.335 e. The van der Waals surface area contributed by atoms with Crippen molar-refractivity contribution in [2.75, 3.05) is 0 Å². The van der Waals surface area contributed by atoms with Crippen molar-refractivity contribution >= 4 is 49.2 Å². The zero-order chi connectivity index (χ0) is 18.9. The molecule has 0 fully saturated rings. The van der Waals surface area contributed by atoms with Crippen LogP contribution in [0, 0.1) is 0 Å². The third-order valence-corrected chi connectivity index (χ3v) is 5.68. The van der Waals surface area contributed by atoms with E-state index in [1.54, 1.807) is 24.3 Å². The molecule has 0 radical (unpaired) electrons. The molecule has 1 heterocycles. The van der Waals surface area contributed by atoms with Gasteiger partial charge in [0, 0.05) is 25.1 Å². The maximum absolute atomic E-state index is 10.3. The van der Waals surface area contributed by atoms with Gasteiger partial charge in [0.25, 0.3) is 0 Å². The predicted octanol–water partition coefficient (Wildman–Crippen LogP) is 7.20. The number of hydrogen-bond donors (Lipinski definition) is 1. The number of thiophene rings is 1. The predicted molar refractivity (Wildman–Crippen MR) is 116 cm³/mol. The van der Waals surface area contributed by atoms with Gasteiger partial charge in [-0.1, -0.05) is 63.4 Å². The maximum atomic E-state index is 10.3. The van der Waals surface area contributed by atoms with Crippen LogP contribution in [-0.4, -0.2) is 11.1 Å². The Kier molecular flexibility index (Phi) is 8.55. The van der Waals surface area contributed by atoms with E-state index in [0.29, 0.717) is 5.56 Å². The minimum Gasteiger partial charge on any atom is -0.478 e. The number of benzene rings is 2. The molecule has 0 saturated carbocycles. The average Bonchev–Trinajstić information content (AvgIpc) is 3.03. The van der Waals surface area contributed by atoms with Crippen molar-refractivity contribution < 1.29 is 9.90 Å². The number of rotatable bonds is 5. The fourth-order valence-corrected chi connectivity index (χ4v) is 4.37.